The molecule has 0 bridgehead atoms. The predicted molar refractivity (Wildman–Crippen MR) is 63.5 cm³/mol. The molecule has 2 aliphatic rings. The summed E-state index contributed by atoms with van der Waals surface area (Å²) in [6.07, 6.45) is 5.92. The molecule has 0 aromatic carbocycles. The van der Waals surface area contributed by atoms with Crippen LogP contribution in [0.15, 0.2) is 11.6 Å². The molecule has 1 saturated heterocycles. The largest absolute Gasteiger partial charge is 0.302 e. The van der Waals surface area contributed by atoms with E-state index in [1.54, 1.807) is 6.92 Å². The van der Waals surface area contributed by atoms with Gasteiger partial charge in [0, 0.05) is 0 Å². The monoisotopic (exact) mass is 238 g/mol. The van der Waals surface area contributed by atoms with Crippen molar-refractivity contribution < 1.29 is 9.59 Å². The summed E-state index contributed by atoms with van der Waals surface area (Å²) in [6.45, 7) is 1.66. The van der Waals surface area contributed by atoms with Crippen LogP contribution in [0.2, 0.25) is 0 Å². The number of allylic oxidation sites excluding steroid dienone is 1. The third-order valence-corrected chi connectivity index (χ3v) is 3.50. The number of thiocarbonyl (C=S) groups is 1. The molecule has 1 fully saturated rings. The number of rotatable bonds is 1. The number of hydrogen-bond donors (Lipinski definition) is 2. The van der Waals surface area contributed by atoms with Gasteiger partial charge in [-0.1, -0.05) is 6.08 Å². The SMILES string of the molecule is CC1(C2=CCCCC2)C(=O)NC(=S)NC1=O. The lowest BCUT2D eigenvalue weighted by atomic mass is 9.75. The molecular weight excluding hydrogens is 224 g/mol. The van der Waals surface area contributed by atoms with Gasteiger partial charge >= 0.3 is 0 Å². The van der Waals surface area contributed by atoms with Gasteiger partial charge in [0.25, 0.3) is 0 Å². The highest BCUT2D eigenvalue weighted by molar-refractivity contribution is 7.80. The first kappa shape index (κ1) is 11.3. The van der Waals surface area contributed by atoms with E-state index >= 15 is 0 Å². The van der Waals surface area contributed by atoms with Crippen molar-refractivity contribution in [2.24, 2.45) is 5.41 Å². The Morgan fingerprint density at radius 1 is 1.25 bits per heavy atom. The van der Waals surface area contributed by atoms with Gasteiger partial charge in [0.2, 0.25) is 11.8 Å². The van der Waals surface area contributed by atoms with Crippen LogP contribution in [0.1, 0.15) is 32.6 Å². The van der Waals surface area contributed by atoms with Gasteiger partial charge in [-0.05, 0) is 50.4 Å². The van der Waals surface area contributed by atoms with E-state index in [0.29, 0.717) is 0 Å². The van der Waals surface area contributed by atoms with Crippen LogP contribution in [-0.4, -0.2) is 16.9 Å². The quantitative estimate of drug-likeness (QED) is 0.407. The normalized spacial score (nSPS) is 24.6. The van der Waals surface area contributed by atoms with E-state index in [1.807, 2.05) is 6.08 Å². The smallest absolute Gasteiger partial charge is 0.245 e. The minimum absolute atomic E-state index is 0.101. The molecule has 0 atom stereocenters. The highest BCUT2D eigenvalue weighted by atomic mass is 32.1. The molecule has 0 spiro atoms. The summed E-state index contributed by atoms with van der Waals surface area (Å²) in [4.78, 5) is 23.9. The summed E-state index contributed by atoms with van der Waals surface area (Å²) in [5, 5.41) is 5.14. The standard InChI is InChI=1S/C11H14N2O2S/c1-11(7-5-3-2-4-6-7)8(14)12-10(16)13-9(11)15/h5H,2-4,6H2,1H3,(H2,12,13,14,15,16). The summed E-state index contributed by atoms with van der Waals surface area (Å²) < 4.78 is 0. The zero-order valence-corrected chi connectivity index (χ0v) is 9.95. The number of carbonyl (C=O) groups excluding carboxylic acids is 2. The van der Waals surface area contributed by atoms with Crippen LogP contribution in [0, 0.1) is 5.41 Å². The molecule has 0 aromatic rings. The van der Waals surface area contributed by atoms with Crippen LogP contribution in [0.3, 0.4) is 0 Å². The molecule has 2 amide bonds. The van der Waals surface area contributed by atoms with Gasteiger partial charge in [-0.3, -0.25) is 9.59 Å². The maximum absolute atomic E-state index is 11.9. The molecule has 0 radical (unpaired) electrons. The molecule has 4 nitrogen and oxygen atoms in total. The van der Waals surface area contributed by atoms with Crippen molar-refractivity contribution in [2.45, 2.75) is 32.6 Å². The first-order valence-corrected chi connectivity index (χ1v) is 5.82. The minimum Gasteiger partial charge on any atom is -0.302 e. The van der Waals surface area contributed by atoms with Crippen LogP contribution in [0.4, 0.5) is 0 Å². The van der Waals surface area contributed by atoms with Crippen molar-refractivity contribution in [1.82, 2.24) is 10.6 Å². The van der Waals surface area contributed by atoms with Crippen molar-refractivity contribution in [3.8, 4) is 0 Å². The third kappa shape index (κ3) is 1.65. The van der Waals surface area contributed by atoms with Crippen LogP contribution in [0.25, 0.3) is 0 Å². The lowest BCUT2D eigenvalue weighted by Crippen LogP contribution is -2.61. The van der Waals surface area contributed by atoms with Gasteiger partial charge in [-0.25, -0.2) is 0 Å². The summed E-state index contributed by atoms with van der Waals surface area (Å²) >= 11 is 4.78. The van der Waals surface area contributed by atoms with Crippen molar-refractivity contribution >= 4 is 29.1 Å². The molecule has 1 aliphatic heterocycles. The van der Waals surface area contributed by atoms with Gasteiger partial charge < -0.3 is 10.6 Å². The Hall–Kier alpha value is -1.23. The lowest BCUT2D eigenvalue weighted by molar-refractivity contribution is -0.140. The molecule has 0 saturated carbocycles. The molecule has 2 N–H and O–H groups in total. The summed E-state index contributed by atoms with van der Waals surface area (Å²) in [6, 6.07) is 0. The Morgan fingerprint density at radius 3 is 2.38 bits per heavy atom. The topological polar surface area (TPSA) is 58.2 Å². The summed E-state index contributed by atoms with van der Waals surface area (Å²) in [5.41, 5.74) is -0.167. The van der Waals surface area contributed by atoms with Crippen LogP contribution < -0.4 is 10.6 Å². The Bertz CT molecular complexity index is 381. The highest BCUT2D eigenvalue weighted by Gasteiger charge is 2.47. The van der Waals surface area contributed by atoms with Gasteiger partial charge in [0.1, 0.15) is 5.41 Å². The number of amides is 2. The predicted octanol–water partition coefficient (Wildman–Crippen LogP) is 1.02. The van der Waals surface area contributed by atoms with Crippen molar-refractivity contribution in [3.05, 3.63) is 11.6 Å². The molecule has 5 heteroatoms. The first-order valence-electron chi connectivity index (χ1n) is 5.41. The van der Waals surface area contributed by atoms with E-state index in [2.05, 4.69) is 10.6 Å². The average Bonchev–Trinajstić information content (AvgIpc) is 2.27. The maximum atomic E-state index is 11.9. The van der Waals surface area contributed by atoms with Crippen LogP contribution in [0.5, 0.6) is 0 Å². The van der Waals surface area contributed by atoms with Gasteiger partial charge in [-0.15, -0.1) is 0 Å². The first-order chi connectivity index (χ1) is 7.55. The Morgan fingerprint density at radius 2 is 1.88 bits per heavy atom. The second kappa shape index (κ2) is 3.97. The summed E-state index contributed by atoms with van der Waals surface area (Å²) in [7, 11) is 0. The van der Waals surface area contributed by atoms with Crippen molar-refractivity contribution in [3.63, 3.8) is 0 Å². The van der Waals surface area contributed by atoms with E-state index in [4.69, 9.17) is 12.2 Å². The minimum atomic E-state index is -1.08. The molecule has 16 heavy (non-hydrogen) atoms. The third-order valence-electron chi connectivity index (χ3n) is 3.30. The number of hydrogen-bond acceptors (Lipinski definition) is 3. The fourth-order valence-electron chi connectivity index (χ4n) is 2.17. The van der Waals surface area contributed by atoms with Gasteiger partial charge in [0.05, 0.1) is 0 Å². The molecule has 86 valence electrons. The van der Waals surface area contributed by atoms with Gasteiger partial charge in [-0.2, -0.15) is 0 Å². The fourth-order valence-corrected chi connectivity index (χ4v) is 2.36. The molecule has 0 aromatic heterocycles. The summed E-state index contributed by atoms with van der Waals surface area (Å²) in [5.74, 6) is -0.621. The van der Waals surface area contributed by atoms with E-state index < -0.39 is 5.41 Å². The molecule has 0 unspecified atom stereocenters. The Labute approximate surface area is 99.5 Å². The van der Waals surface area contributed by atoms with Crippen LogP contribution >= 0.6 is 12.2 Å². The second-order valence-electron chi connectivity index (χ2n) is 4.34. The van der Waals surface area contributed by atoms with E-state index in [0.717, 1.165) is 31.3 Å². The average molecular weight is 238 g/mol. The second-order valence-corrected chi connectivity index (χ2v) is 4.75. The Balaban J connectivity index is 2.35. The van der Waals surface area contributed by atoms with Crippen molar-refractivity contribution in [2.75, 3.05) is 0 Å². The van der Waals surface area contributed by atoms with Crippen LogP contribution in [-0.2, 0) is 9.59 Å². The zero-order valence-electron chi connectivity index (χ0n) is 9.13. The fraction of sp³-hybridized carbons (Fsp3) is 0.545. The molecular formula is C11H14N2O2S. The van der Waals surface area contributed by atoms with E-state index in [-0.39, 0.29) is 16.9 Å². The number of carbonyl (C=O) groups is 2. The Kier molecular flexibility index (Phi) is 2.80. The maximum Gasteiger partial charge on any atom is 0.245 e. The number of nitrogens with one attached hydrogen (secondary N) is 2. The van der Waals surface area contributed by atoms with Gasteiger partial charge in [0.15, 0.2) is 5.11 Å². The molecule has 1 heterocycles. The van der Waals surface area contributed by atoms with E-state index in [1.165, 1.54) is 0 Å². The lowest BCUT2D eigenvalue weighted by Gasteiger charge is -2.35. The molecule has 1 aliphatic carbocycles. The zero-order chi connectivity index (χ0) is 11.8. The van der Waals surface area contributed by atoms with Crippen molar-refractivity contribution in [1.29, 1.82) is 0 Å². The highest BCUT2D eigenvalue weighted by Crippen LogP contribution is 2.35. The molecule has 2 rings (SSSR count). The van der Waals surface area contributed by atoms with E-state index in [9.17, 15) is 9.59 Å².